The molecular formula is C12H18BrN3O3S. The van der Waals surface area contributed by atoms with Crippen LogP contribution in [0.4, 0.5) is 5.69 Å². The Labute approximate surface area is 127 Å². The zero-order valence-electron chi connectivity index (χ0n) is 11.2. The number of nitrogens with zero attached hydrogens (tertiary/aromatic N) is 1. The summed E-state index contributed by atoms with van der Waals surface area (Å²) in [6, 6.07) is 4.70. The third kappa shape index (κ3) is 3.92. The number of morpholine rings is 1. The van der Waals surface area contributed by atoms with Crippen LogP contribution >= 0.6 is 15.9 Å². The van der Waals surface area contributed by atoms with Crippen molar-refractivity contribution < 1.29 is 13.2 Å². The van der Waals surface area contributed by atoms with Crippen LogP contribution in [-0.4, -0.2) is 52.7 Å². The smallest absolute Gasteiger partial charge is 0.242 e. The maximum atomic E-state index is 12.2. The number of ether oxygens (including phenoxy) is 1. The van der Waals surface area contributed by atoms with E-state index in [9.17, 15) is 8.42 Å². The molecule has 0 bridgehead atoms. The van der Waals surface area contributed by atoms with Gasteiger partial charge < -0.3 is 15.4 Å². The number of nitrogen functional groups attached to an aromatic ring is 1. The molecule has 0 saturated carbocycles. The van der Waals surface area contributed by atoms with Crippen molar-refractivity contribution in [1.82, 2.24) is 9.62 Å². The zero-order chi connectivity index (χ0) is 14.8. The highest BCUT2D eigenvalue weighted by atomic mass is 79.9. The molecule has 0 radical (unpaired) electrons. The predicted molar refractivity (Wildman–Crippen MR) is 81.0 cm³/mol. The van der Waals surface area contributed by atoms with Gasteiger partial charge in [-0.1, -0.05) is 15.9 Å². The van der Waals surface area contributed by atoms with E-state index >= 15 is 0 Å². The van der Waals surface area contributed by atoms with Crippen LogP contribution in [-0.2, 0) is 14.8 Å². The Hall–Kier alpha value is -0.670. The van der Waals surface area contributed by atoms with E-state index in [1.807, 2.05) is 7.05 Å². The molecule has 112 valence electrons. The van der Waals surface area contributed by atoms with E-state index in [4.69, 9.17) is 10.5 Å². The summed E-state index contributed by atoms with van der Waals surface area (Å²) in [5.41, 5.74) is 5.97. The fraction of sp³-hybridized carbons (Fsp3) is 0.500. The Bertz CT molecular complexity index is 579. The number of nitrogens with two attached hydrogens (primary N) is 1. The number of rotatable bonds is 4. The van der Waals surface area contributed by atoms with E-state index < -0.39 is 10.0 Å². The standard InChI is InChI=1S/C12H18BrN3O3S/c1-16-4-5-19-10(8-16)7-15-20(17,18)12-3-2-9(13)6-11(12)14/h2-3,6,10,15H,4-5,7-8,14H2,1H3. The molecule has 8 heteroatoms. The van der Waals surface area contributed by atoms with E-state index in [1.54, 1.807) is 12.1 Å². The van der Waals surface area contributed by atoms with Gasteiger partial charge in [0.15, 0.2) is 0 Å². The highest BCUT2D eigenvalue weighted by Gasteiger charge is 2.22. The molecule has 6 nitrogen and oxygen atoms in total. The van der Waals surface area contributed by atoms with Gasteiger partial charge in [0.05, 0.1) is 18.4 Å². The van der Waals surface area contributed by atoms with Crippen LogP contribution in [0, 0.1) is 0 Å². The first-order valence-electron chi connectivity index (χ1n) is 6.23. The molecule has 0 aliphatic carbocycles. The Kier molecular flexibility index (Phi) is 5.03. The van der Waals surface area contributed by atoms with Crippen molar-refractivity contribution in [1.29, 1.82) is 0 Å². The Balaban J connectivity index is 2.03. The van der Waals surface area contributed by atoms with Gasteiger partial charge in [0.1, 0.15) is 4.90 Å². The zero-order valence-corrected chi connectivity index (χ0v) is 13.6. The van der Waals surface area contributed by atoms with Crippen LogP contribution in [0.1, 0.15) is 0 Å². The average molecular weight is 364 g/mol. The monoisotopic (exact) mass is 363 g/mol. The van der Waals surface area contributed by atoms with Crippen molar-refractivity contribution in [3.8, 4) is 0 Å². The molecular weight excluding hydrogens is 346 g/mol. The van der Waals surface area contributed by atoms with E-state index in [0.29, 0.717) is 13.2 Å². The quantitative estimate of drug-likeness (QED) is 0.766. The second kappa shape index (κ2) is 6.40. The van der Waals surface area contributed by atoms with Crippen molar-refractivity contribution >= 4 is 31.6 Å². The Morgan fingerprint density at radius 2 is 2.30 bits per heavy atom. The second-order valence-corrected chi connectivity index (χ2v) is 7.44. The first-order valence-corrected chi connectivity index (χ1v) is 8.51. The number of likely N-dealkylation sites (N-methyl/N-ethyl adjacent to an activating group) is 1. The third-order valence-corrected chi connectivity index (χ3v) is 5.10. The van der Waals surface area contributed by atoms with Gasteiger partial charge in [-0.05, 0) is 25.2 Å². The number of halogens is 1. The molecule has 0 amide bonds. The molecule has 1 atom stereocenters. The summed E-state index contributed by atoms with van der Waals surface area (Å²) in [5, 5.41) is 0. The van der Waals surface area contributed by atoms with E-state index in [1.165, 1.54) is 6.07 Å². The van der Waals surface area contributed by atoms with E-state index in [0.717, 1.165) is 11.0 Å². The summed E-state index contributed by atoms with van der Waals surface area (Å²) >= 11 is 3.25. The number of sulfonamides is 1. The summed E-state index contributed by atoms with van der Waals surface area (Å²) in [7, 11) is -1.64. The lowest BCUT2D eigenvalue weighted by molar-refractivity contribution is -0.0156. The summed E-state index contributed by atoms with van der Waals surface area (Å²) in [6.07, 6.45) is -0.139. The average Bonchev–Trinajstić information content (AvgIpc) is 2.36. The molecule has 0 spiro atoms. The van der Waals surface area contributed by atoms with Gasteiger partial charge in [0.25, 0.3) is 0 Å². The van der Waals surface area contributed by atoms with Crippen LogP contribution in [0.3, 0.4) is 0 Å². The van der Waals surface area contributed by atoms with Gasteiger partial charge in [0, 0.05) is 24.1 Å². The minimum Gasteiger partial charge on any atom is -0.398 e. The topological polar surface area (TPSA) is 84.7 Å². The van der Waals surface area contributed by atoms with Gasteiger partial charge >= 0.3 is 0 Å². The van der Waals surface area contributed by atoms with Gasteiger partial charge in [-0.15, -0.1) is 0 Å². The fourth-order valence-electron chi connectivity index (χ4n) is 2.03. The first-order chi connectivity index (χ1) is 9.38. The number of benzene rings is 1. The lowest BCUT2D eigenvalue weighted by Crippen LogP contribution is -2.45. The maximum absolute atomic E-state index is 12.2. The molecule has 1 aliphatic rings. The fourth-order valence-corrected chi connectivity index (χ4v) is 3.59. The minimum atomic E-state index is -3.62. The largest absolute Gasteiger partial charge is 0.398 e. The van der Waals surface area contributed by atoms with Crippen LogP contribution in [0.2, 0.25) is 0 Å². The Morgan fingerprint density at radius 3 is 2.95 bits per heavy atom. The molecule has 2 rings (SSSR count). The van der Waals surface area contributed by atoms with Crippen molar-refractivity contribution in [2.75, 3.05) is 39.0 Å². The molecule has 1 saturated heterocycles. The van der Waals surface area contributed by atoms with Crippen LogP contribution < -0.4 is 10.5 Å². The Morgan fingerprint density at radius 1 is 1.55 bits per heavy atom. The first kappa shape index (κ1) is 15.7. The molecule has 1 aromatic carbocycles. The maximum Gasteiger partial charge on any atom is 0.242 e. The van der Waals surface area contributed by atoms with Gasteiger partial charge in [-0.3, -0.25) is 0 Å². The predicted octanol–water partition coefficient (Wildman–Crippen LogP) is 0.640. The molecule has 3 N–H and O–H groups in total. The minimum absolute atomic E-state index is 0.0878. The molecule has 0 aromatic heterocycles. The highest BCUT2D eigenvalue weighted by Crippen LogP contribution is 2.22. The number of hydrogen-bond donors (Lipinski definition) is 2. The van der Waals surface area contributed by atoms with Crippen molar-refractivity contribution in [2.45, 2.75) is 11.0 Å². The highest BCUT2D eigenvalue weighted by molar-refractivity contribution is 9.10. The second-order valence-electron chi connectivity index (χ2n) is 4.79. The molecule has 20 heavy (non-hydrogen) atoms. The van der Waals surface area contributed by atoms with Gasteiger partial charge in [-0.2, -0.15) is 0 Å². The number of hydrogen-bond acceptors (Lipinski definition) is 5. The molecule has 1 aliphatic heterocycles. The summed E-state index contributed by atoms with van der Waals surface area (Å²) in [5.74, 6) is 0. The van der Waals surface area contributed by atoms with Crippen LogP contribution in [0.25, 0.3) is 0 Å². The SMILES string of the molecule is CN1CCOC(CNS(=O)(=O)c2ccc(Br)cc2N)C1. The molecule has 1 unspecified atom stereocenters. The van der Waals surface area contributed by atoms with E-state index in [2.05, 4.69) is 25.6 Å². The van der Waals surface area contributed by atoms with Gasteiger partial charge in [-0.25, -0.2) is 13.1 Å². The molecule has 1 heterocycles. The van der Waals surface area contributed by atoms with Crippen LogP contribution in [0.5, 0.6) is 0 Å². The van der Waals surface area contributed by atoms with Crippen molar-refractivity contribution in [2.24, 2.45) is 0 Å². The van der Waals surface area contributed by atoms with Crippen LogP contribution in [0.15, 0.2) is 27.6 Å². The summed E-state index contributed by atoms with van der Waals surface area (Å²) in [6.45, 7) is 2.42. The number of anilines is 1. The molecule has 1 aromatic rings. The number of nitrogens with one attached hydrogen (secondary N) is 1. The normalized spacial score (nSPS) is 21.0. The van der Waals surface area contributed by atoms with E-state index in [-0.39, 0.29) is 23.2 Å². The third-order valence-electron chi connectivity index (χ3n) is 3.10. The van der Waals surface area contributed by atoms with Crippen molar-refractivity contribution in [3.63, 3.8) is 0 Å². The molecule has 1 fully saturated rings. The summed E-state index contributed by atoms with van der Waals surface area (Å²) < 4.78 is 33.2. The van der Waals surface area contributed by atoms with Gasteiger partial charge in [0.2, 0.25) is 10.0 Å². The lowest BCUT2D eigenvalue weighted by atomic mass is 10.3. The lowest BCUT2D eigenvalue weighted by Gasteiger charge is -2.30. The van der Waals surface area contributed by atoms with Crippen molar-refractivity contribution in [3.05, 3.63) is 22.7 Å². The summed E-state index contributed by atoms with van der Waals surface area (Å²) in [4.78, 5) is 2.20.